The van der Waals surface area contributed by atoms with Gasteiger partial charge in [-0.1, -0.05) is 6.92 Å². The van der Waals surface area contributed by atoms with Crippen molar-refractivity contribution in [3.8, 4) is 0 Å². The van der Waals surface area contributed by atoms with Crippen molar-refractivity contribution in [1.82, 2.24) is 9.88 Å². The van der Waals surface area contributed by atoms with E-state index in [4.69, 9.17) is 5.11 Å². The molecule has 18 heavy (non-hydrogen) atoms. The molecule has 0 saturated heterocycles. The topological polar surface area (TPSA) is 56.6 Å². The van der Waals surface area contributed by atoms with E-state index in [2.05, 4.69) is 4.98 Å². The lowest BCUT2D eigenvalue weighted by atomic mass is 10.0. The molecule has 0 fully saturated rings. The Balaban J connectivity index is 2.61. The van der Waals surface area contributed by atoms with Crippen LogP contribution in [0.3, 0.4) is 0 Å². The van der Waals surface area contributed by atoms with E-state index in [-0.39, 0.29) is 18.6 Å². The third-order valence-corrected chi connectivity index (χ3v) is 3.18. The normalized spacial score (nSPS) is 16.6. The molecule has 0 saturated carbocycles. The molecule has 1 aromatic rings. The molecule has 3 unspecified atom stereocenters. The molecule has 3 atom stereocenters. The second kappa shape index (κ2) is 6.78. The zero-order chi connectivity index (χ0) is 13.7. The predicted molar refractivity (Wildman–Crippen MR) is 67.5 cm³/mol. The van der Waals surface area contributed by atoms with Crippen molar-refractivity contribution in [1.29, 1.82) is 0 Å². The van der Waals surface area contributed by atoms with Crippen LogP contribution in [0.5, 0.6) is 0 Å². The summed E-state index contributed by atoms with van der Waals surface area (Å²) in [5, 5.41) is 19.2. The van der Waals surface area contributed by atoms with E-state index in [0.717, 1.165) is 6.20 Å². The lowest BCUT2D eigenvalue weighted by Gasteiger charge is -2.28. The molecule has 1 rings (SSSR count). The maximum absolute atomic E-state index is 12.7. The van der Waals surface area contributed by atoms with Gasteiger partial charge in [0.15, 0.2) is 0 Å². The van der Waals surface area contributed by atoms with E-state index >= 15 is 0 Å². The largest absolute Gasteiger partial charge is 0.395 e. The first-order valence-corrected chi connectivity index (χ1v) is 6.06. The molecule has 2 N–H and O–H groups in total. The van der Waals surface area contributed by atoms with Crippen molar-refractivity contribution in [2.24, 2.45) is 5.92 Å². The van der Waals surface area contributed by atoms with E-state index in [1.807, 2.05) is 25.8 Å². The van der Waals surface area contributed by atoms with E-state index in [9.17, 15) is 9.50 Å². The highest BCUT2D eigenvalue weighted by molar-refractivity contribution is 5.08. The summed E-state index contributed by atoms with van der Waals surface area (Å²) in [7, 11) is 1.89. The first-order chi connectivity index (χ1) is 8.45. The Hall–Kier alpha value is -1.04. The maximum Gasteiger partial charge on any atom is 0.141 e. The smallest absolute Gasteiger partial charge is 0.141 e. The lowest BCUT2D eigenvalue weighted by molar-refractivity contribution is 0.0709. The van der Waals surface area contributed by atoms with Gasteiger partial charge in [0.25, 0.3) is 0 Å². The highest BCUT2D eigenvalue weighted by Gasteiger charge is 2.20. The molecule has 0 radical (unpaired) electrons. The Morgan fingerprint density at radius 2 is 2.06 bits per heavy atom. The second-order valence-corrected chi connectivity index (χ2v) is 4.79. The number of likely N-dealkylation sites (N-methyl/N-ethyl adjacent to an activating group) is 1. The molecule has 0 aliphatic carbocycles. The second-order valence-electron chi connectivity index (χ2n) is 4.79. The van der Waals surface area contributed by atoms with Crippen LogP contribution >= 0.6 is 0 Å². The summed E-state index contributed by atoms with van der Waals surface area (Å²) < 4.78 is 12.7. The summed E-state index contributed by atoms with van der Waals surface area (Å²) in [4.78, 5) is 5.85. The standard InChI is InChI=1S/C13H21FN2O2/c1-9(7-16(3)10(2)8-17)13(18)12-5-4-11(14)6-15-12/h4-6,9-10,13,17-18H,7-8H2,1-3H3. The molecule has 0 aliphatic rings. The average Bonchev–Trinajstić information content (AvgIpc) is 2.37. The molecule has 0 aliphatic heterocycles. The number of hydrogen-bond acceptors (Lipinski definition) is 4. The number of aromatic nitrogens is 1. The summed E-state index contributed by atoms with van der Waals surface area (Å²) in [6.07, 6.45) is 0.365. The molecule has 4 nitrogen and oxygen atoms in total. The molecule has 1 heterocycles. The lowest BCUT2D eigenvalue weighted by Crippen LogP contribution is -2.36. The van der Waals surface area contributed by atoms with Gasteiger partial charge >= 0.3 is 0 Å². The van der Waals surface area contributed by atoms with Crippen LogP contribution in [-0.2, 0) is 0 Å². The van der Waals surface area contributed by atoms with Crippen LogP contribution in [0, 0.1) is 11.7 Å². The zero-order valence-electron chi connectivity index (χ0n) is 11.0. The third-order valence-electron chi connectivity index (χ3n) is 3.18. The van der Waals surface area contributed by atoms with E-state index in [1.54, 1.807) is 0 Å². The van der Waals surface area contributed by atoms with E-state index in [1.165, 1.54) is 12.1 Å². The quantitative estimate of drug-likeness (QED) is 0.803. The molecule has 1 aromatic heterocycles. The van der Waals surface area contributed by atoms with Gasteiger partial charge in [-0.05, 0) is 26.1 Å². The van der Waals surface area contributed by atoms with Gasteiger partial charge in [-0.15, -0.1) is 0 Å². The fourth-order valence-electron chi connectivity index (χ4n) is 1.73. The fraction of sp³-hybridized carbons (Fsp3) is 0.615. The van der Waals surface area contributed by atoms with Gasteiger partial charge in [0.2, 0.25) is 0 Å². The van der Waals surface area contributed by atoms with Gasteiger partial charge in [0.05, 0.1) is 24.6 Å². The molecule has 0 amide bonds. The highest BCUT2D eigenvalue weighted by Crippen LogP contribution is 2.21. The zero-order valence-corrected chi connectivity index (χ0v) is 11.0. The summed E-state index contributed by atoms with van der Waals surface area (Å²) in [5.74, 6) is -0.466. The average molecular weight is 256 g/mol. The number of aliphatic hydroxyl groups is 2. The van der Waals surface area contributed by atoms with Crippen LogP contribution in [0.25, 0.3) is 0 Å². The Labute approximate surface area is 107 Å². The Kier molecular flexibility index (Phi) is 5.65. The fourth-order valence-corrected chi connectivity index (χ4v) is 1.73. The molecule has 5 heteroatoms. The van der Waals surface area contributed by atoms with Gasteiger partial charge in [-0.3, -0.25) is 4.98 Å². The molecular formula is C13H21FN2O2. The maximum atomic E-state index is 12.7. The summed E-state index contributed by atoms with van der Waals surface area (Å²) in [6, 6.07) is 2.82. The minimum atomic E-state index is -0.737. The number of halogens is 1. The number of hydrogen-bond donors (Lipinski definition) is 2. The molecule has 102 valence electrons. The molecule has 0 spiro atoms. The van der Waals surface area contributed by atoms with E-state index < -0.39 is 11.9 Å². The minimum absolute atomic E-state index is 0.0424. The number of rotatable bonds is 6. The van der Waals surface area contributed by atoms with Gasteiger partial charge in [-0.2, -0.15) is 0 Å². The van der Waals surface area contributed by atoms with Gasteiger partial charge in [0.1, 0.15) is 5.82 Å². The summed E-state index contributed by atoms with van der Waals surface area (Å²) in [5.41, 5.74) is 0.467. The molecule has 0 aromatic carbocycles. The van der Waals surface area contributed by atoms with Gasteiger partial charge in [-0.25, -0.2) is 4.39 Å². The van der Waals surface area contributed by atoms with Crippen LogP contribution in [0.15, 0.2) is 18.3 Å². The van der Waals surface area contributed by atoms with Gasteiger partial charge < -0.3 is 15.1 Å². The monoisotopic (exact) mass is 256 g/mol. The predicted octanol–water partition coefficient (Wildman–Crippen LogP) is 1.20. The van der Waals surface area contributed by atoms with Crippen LogP contribution in [0.4, 0.5) is 4.39 Å². The van der Waals surface area contributed by atoms with Crippen molar-refractivity contribution < 1.29 is 14.6 Å². The van der Waals surface area contributed by atoms with Crippen LogP contribution in [0.1, 0.15) is 25.6 Å². The Morgan fingerprint density at radius 3 is 2.56 bits per heavy atom. The van der Waals surface area contributed by atoms with Crippen molar-refractivity contribution >= 4 is 0 Å². The first-order valence-electron chi connectivity index (χ1n) is 6.06. The number of aliphatic hydroxyl groups excluding tert-OH is 2. The Morgan fingerprint density at radius 1 is 1.39 bits per heavy atom. The SMILES string of the molecule is CC(CN(C)C(C)CO)C(O)c1ccc(F)cn1. The van der Waals surface area contributed by atoms with Gasteiger partial charge in [0, 0.05) is 18.5 Å². The van der Waals surface area contributed by atoms with Crippen LogP contribution in [-0.4, -0.2) is 46.3 Å². The minimum Gasteiger partial charge on any atom is -0.395 e. The third kappa shape index (κ3) is 4.01. The molecule has 0 bridgehead atoms. The van der Waals surface area contributed by atoms with Crippen LogP contribution in [0.2, 0.25) is 0 Å². The number of pyridine rings is 1. The first kappa shape index (κ1) is 15.0. The highest BCUT2D eigenvalue weighted by atomic mass is 19.1. The molecular weight excluding hydrogens is 235 g/mol. The summed E-state index contributed by atoms with van der Waals surface area (Å²) >= 11 is 0. The van der Waals surface area contributed by atoms with E-state index in [0.29, 0.717) is 12.2 Å². The number of nitrogens with zero attached hydrogens (tertiary/aromatic N) is 2. The Bertz CT molecular complexity index is 359. The van der Waals surface area contributed by atoms with Crippen LogP contribution < -0.4 is 0 Å². The van der Waals surface area contributed by atoms with Crippen molar-refractivity contribution in [3.63, 3.8) is 0 Å². The summed E-state index contributed by atoms with van der Waals surface area (Å²) in [6.45, 7) is 4.52. The van der Waals surface area contributed by atoms with Crippen molar-refractivity contribution in [2.75, 3.05) is 20.2 Å². The van der Waals surface area contributed by atoms with Crippen molar-refractivity contribution in [2.45, 2.75) is 26.0 Å². The van der Waals surface area contributed by atoms with Crippen molar-refractivity contribution in [3.05, 3.63) is 29.8 Å².